The van der Waals surface area contributed by atoms with Gasteiger partial charge in [0.05, 0.1) is 18.9 Å². The Bertz CT molecular complexity index is 762. The van der Waals surface area contributed by atoms with E-state index >= 15 is 0 Å². The molecule has 1 aromatic rings. The predicted molar refractivity (Wildman–Crippen MR) is 122 cm³/mol. The molecule has 2 amide bonds. The summed E-state index contributed by atoms with van der Waals surface area (Å²) in [5.74, 6) is 1.73. The van der Waals surface area contributed by atoms with Crippen molar-refractivity contribution in [1.82, 2.24) is 10.2 Å². The van der Waals surface area contributed by atoms with Crippen molar-refractivity contribution in [3.63, 3.8) is 0 Å². The van der Waals surface area contributed by atoms with Gasteiger partial charge in [-0.05, 0) is 37.7 Å². The predicted octanol–water partition coefficient (Wildman–Crippen LogP) is 3.56. The Balaban J connectivity index is 1.60. The molecule has 0 spiro atoms. The molecule has 1 aliphatic carbocycles. The zero-order valence-corrected chi connectivity index (χ0v) is 19.2. The van der Waals surface area contributed by atoms with E-state index in [9.17, 15) is 9.59 Å². The first-order chi connectivity index (χ1) is 15.2. The second-order valence-corrected chi connectivity index (χ2v) is 9.94. The van der Waals surface area contributed by atoms with Gasteiger partial charge in [0.25, 0.3) is 0 Å². The maximum Gasteiger partial charge on any atom is 0.235 e. The Morgan fingerprint density at radius 3 is 2.65 bits per heavy atom. The van der Waals surface area contributed by atoms with Crippen LogP contribution in [-0.2, 0) is 14.3 Å². The van der Waals surface area contributed by atoms with Crippen LogP contribution in [0, 0.1) is 5.92 Å². The molecule has 4 rings (SSSR count). The van der Waals surface area contributed by atoms with Crippen molar-refractivity contribution in [3.05, 3.63) is 29.8 Å². The first-order valence-corrected chi connectivity index (χ1v) is 12.6. The highest BCUT2D eigenvalue weighted by molar-refractivity contribution is 8.01. The molecule has 0 radical (unpaired) electrons. The number of benzene rings is 1. The molecule has 0 bridgehead atoms. The van der Waals surface area contributed by atoms with E-state index in [1.807, 2.05) is 29.2 Å². The maximum absolute atomic E-state index is 13.4. The molecule has 31 heavy (non-hydrogen) atoms. The number of methoxy groups -OCH3 is 1. The molecule has 3 aliphatic rings. The van der Waals surface area contributed by atoms with Gasteiger partial charge in [0.2, 0.25) is 11.8 Å². The van der Waals surface area contributed by atoms with E-state index in [4.69, 9.17) is 9.47 Å². The van der Waals surface area contributed by atoms with Crippen molar-refractivity contribution in [2.45, 2.75) is 62.3 Å². The SMILES string of the molecule is COc1ccccc1C1C(C(=O)NCC2CCOCC2)SCC(=O)N1C1CCCCC1. The lowest BCUT2D eigenvalue weighted by Gasteiger charge is -2.46. The Morgan fingerprint density at radius 2 is 1.90 bits per heavy atom. The van der Waals surface area contributed by atoms with Gasteiger partial charge in [-0.25, -0.2) is 0 Å². The van der Waals surface area contributed by atoms with Crippen molar-refractivity contribution in [2.75, 3.05) is 32.6 Å². The highest BCUT2D eigenvalue weighted by atomic mass is 32.2. The fourth-order valence-corrected chi connectivity index (χ4v) is 6.32. The summed E-state index contributed by atoms with van der Waals surface area (Å²) in [6, 6.07) is 7.73. The van der Waals surface area contributed by atoms with Crippen LogP contribution in [-0.4, -0.2) is 60.6 Å². The standard InChI is InChI=1S/C24H34N2O4S/c1-29-20-10-6-5-9-19(20)22-23(24(28)25-15-17-11-13-30-14-12-17)31-16-21(27)26(22)18-7-3-2-4-8-18/h5-6,9-10,17-18,22-23H,2-4,7-8,11-16H2,1H3,(H,25,28). The second-order valence-electron chi connectivity index (χ2n) is 8.81. The molecule has 6 nitrogen and oxygen atoms in total. The molecule has 1 N–H and O–H groups in total. The zero-order chi connectivity index (χ0) is 21.6. The number of hydrogen-bond acceptors (Lipinski definition) is 5. The van der Waals surface area contributed by atoms with E-state index < -0.39 is 0 Å². The van der Waals surface area contributed by atoms with Gasteiger partial charge < -0.3 is 19.7 Å². The number of amides is 2. The number of carbonyl (C=O) groups is 2. The average molecular weight is 447 g/mol. The number of ether oxygens (including phenoxy) is 2. The molecule has 2 heterocycles. The monoisotopic (exact) mass is 446 g/mol. The summed E-state index contributed by atoms with van der Waals surface area (Å²) >= 11 is 1.47. The van der Waals surface area contributed by atoms with Crippen LogP contribution in [0.15, 0.2) is 24.3 Å². The van der Waals surface area contributed by atoms with E-state index in [-0.39, 0.29) is 29.1 Å². The summed E-state index contributed by atoms with van der Waals surface area (Å²) < 4.78 is 11.1. The highest BCUT2D eigenvalue weighted by Crippen LogP contribution is 2.43. The lowest BCUT2D eigenvalue weighted by atomic mass is 9.90. The van der Waals surface area contributed by atoms with Crippen LogP contribution >= 0.6 is 11.8 Å². The molecule has 0 aromatic heterocycles. The van der Waals surface area contributed by atoms with Crippen molar-refractivity contribution in [1.29, 1.82) is 0 Å². The van der Waals surface area contributed by atoms with Gasteiger partial charge in [0.15, 0.2) is 0 Å². The van der Waals surface area contributed by atoms with Gasteiger partial charge in [0, 0.05) is 31.4 Å². The number of thioether (sulfide) groups is 1. The third-order valence-electron chi connectivity index (χ3n) is 6.85. The minimum Gasteiger partial charge on any atom is -0.496 e. The van der Waals surface area contributed by atoms with E-state index in [0.717, 1.165) is 63.1 Å². The first kappa shape index (κ1) is 22.5. The Morgan fingerprint density at radius 1 is 1.16 bits per heavy atom. The fraction of sp³-hybridized carbons (Fsp3) is 0.667. The van der Waals surface area contributed by atoms with Crippen LogP contribution < -0.4 is 10.1 Å². The number of para-hydroxylation sites is 1. The zero-order valence-electron chi connectivity index (χ0n) is 18.4. The normalized spacial score (nSPS) is 26.0. The molecule has 2 saturated heterocycles. The minimum absolute atomic E-state index is 0.0284. The van der Waals surface area contributed by atoms with E-state index in [0.29, 0.717) is 18.2 Å². The van der Waals surface area contributed by atoms with Gasteiger partial charge in [-0.15, -0.1) is 11.8 Å². The van der Waals surface area contributed by atoms with Crippen LogP contribution in [0.4, 0.5) is 0 Å². The molecule has 2 unspecified atom stereocenters. The average Bonchev–Trinajstić information content (AvgIpc) is 2.83. The van der Waals surface area contributed by atoms with E-state index in [2.05, 4.69) is 5.32 Å². The van der Waals surface area contributed by atoms with Crippen LogP contribution in [0.3, 0.4) is 0 Å². The van der Waals surface area contributed by atoms with E-state index in [1.165, 1.54) is 18.2 Å². The summed E-state index contributed by atoms with van der Waals surface area (Å²) in [5, 5.41) is 2.87. The van der Waals surface area contributed by atoms with Crippen molar-refractivity contribution >= 4 is 23.6 Å². The second kappa shape index (κ2) is 10.7. The highest BCUT2D eigenvalue weighted by Gasteiger charge is 2.45. The van der Waals surface area contributed by atoms with Crippen molar-refractivity contribution < 1.29 is 19.1 Å². The summed E-state index contributed by atoms with van der Waals surface area (Å²) in [6.45, 7) is 2.22. The number of nitrogens with one attached hydrogen (secondary N) is 1. The molecule has 1 saturated carbocycles. The number of nitrogens with zero attached hydrogens (tertiary/aromatic N) is 1. The molecule has 170 valence electrons. The van der Waals surface area contributed by atoms with Gasteiger partial charge >= 0.3 is 0 Å². The van der Waals surface area contributed by atoms with Crippen LogP contribution in [0.5, 0.6) is 5.75 Å². The molecule has 3 fully saturated rings. The number of hydrogen-bond donors (Lipinski definition) is 1. The van der Waals surface area contributed by atoms with Gasteiger partial charge in [-0.3, -0.25) is 9.59 Å². The molecule has 1 aromatic carbocycles. The molecular formula is C24H34N2O4S. The third kappa shape index (κ3) is 5.20. The van der Waals surface area contributed by atoms with E-state index in [1.54, 1.807) is 7.11 Å². The Hall–Kier alpha value is -1.73. The quantitative estimate of drug-likeness (QED) is 0.724. The fourth-order valence-electron chi connectivity index (χ4n) is 5.16. The third-order valence-corrected chi connectivity index (χ3v) is 8.10. The van der Waals surface area contributed by atoms with Gasteiger partial charge in [-0.2, -0.15) is 0 Å². The molecule has 7 heteroatoms. The first-order valence-electron chi connectivity index (χ1n) is 11.6. The molecular weight excluding hydrogens is 412 g/mol. The summed E-state index contributed by atoms with van der Waals surface area (Å²) in [4.78, 5) is 28.6. The maximum atomic E-state index is 13.4. The summed E-state index contributed by atoms with van der Waals surface area (Å²) in [6.07, 6.45) is 7.50. The smallest absolute Gasteiger partial charge is 0.235 e. The topological polar surface area (TPSA) is 67.9 Å². The van der Waals surface area contributed by atoms with Crippen LogP contribution in [0.2, 0.25) is 0 Å². The largest absolute Gasteiger partial charge is 0.496 e. The lowest BCUT2D eigenvalue weighted by Crippen LogP contribution is -2.55. The van der Waals surface area contributed by atoms with Gasteiger partial charge in [-0.1, -0.05) is 37.5 Å². The van der Waals surface area contributed by atoms with Gasteiger partial charge in [0.1, 0.15) is 11.0 Å². The Kier molecular flexibility index (Phi) is 7.77. The summed E-state index contributed by atoms with van der Waals surface area (Å²) in [5.41, 5.74) is 0.933. The minimum atomic E-state index is -0.337. The Labute approximate surface area is 189 Å². The number of rotatable bonds is 6. The summed E-state index contributed by atoms with van der Waals surface area (Å²) in [7, 11) is 1.65. The molecule has 2 aliphatic heterocycles. The lowest BCUT2D eigenvalue weighted by molar-refractivity contribution is -0.136. The van der Waals surface area contributed by atoms with Crippen molar-refractivity contribution in [3.8, 4) is 5.75 Å². The van der Waals surface area contributed by atoms with Crippen molar-refractivity contribution in [2.24, 2.45) is 5.92 Å². The van der Waals surface area contributed by atoms with Crippen LogP contribution in [0.1, 0.15) is 56.6 Å². The molecule has 2 atom stereocenters. The van der Waals surface area contributed by atoms with Crippen LogP contribution in [0.25, 0.3) is 0 Å². The number of carbonyl (C=O) groups excluding carboxylic acids is 2.